The van der Waals surface area contributed by atoms with Crippen LogP contribution in [-0.2, 0) is 14.8 Å². The largest absolute Gasteiger partial charge is 0.495 e. The van der Waals surface area contributed by atoms with Gasteiger partial charge in [-0.2, -0.15) is 0 Å². The van der Waals surface area contributed by atoms with Gasteiger partial charge in [0.05, 0.1) is 23.7 Å². The molecule has 0 spiro atoms. The van der Waals surface area contributed by atoms with Crippen molar-refractivity contribution in [3.8, 4) is 5.75 Å². The molecule has 0 atom stereocenters. The Balaban J connectivity index is 1.38. The molecule has 9 heteroatoms. The van der Waals surface area contributed by atoms with E-state index in [0.717, 1.165) is 4.31 Å². The van der Waals surface area contributed by atoms with E-state index in [4.69, 9.17) is 16.3 Å². The van der Waals surface area contributed by atoms with E-state index >= 15 is 0 Å². The van der Waals surface area contributed by atoms with Gasteiger partial charge in [-0.15, -0.1) is 0 Å². The van der Waals surface area contributed by atoms with Gasteiger partial charge in [0, 0.05) is 31.2 Å². The van der Waals surface area contributed by atoms with Gasteiger partial charge >= 0.3 is 0 Å². The minimum absolute atomic E-state index is 0.0559. The van der Waals surface area contributed by atoms with Gasteiger partial charge in [0.25, 0.3) is 10.0 Å². The fourth-order valence-corrected chi connectivity index (χ4v) is 6.82. The van der Waals surface area contributed by atoms with Crippen molar-refractivity contribution in [1.82, 2.24) is 9.80 Å². The van der Waals surface area contributed by atoms with Crippen LogP contribution < -0.4 is 9.04 Å². The third kappa shape index (κ3) is 6.40. The molecule has 0 N–H and O–H groups in total. The molecule has 7 nitrogen and oxygen atoms in total. The van der Waals surface area contributed by atoms with Crippen LogP contribution in [-0.4, -0.2) is 64.0 Å². The lowest BCUT2D eigenvalue weighted by molar-refractivity contribution is -0.131. The predicted octanol–water partition coefficient (Wildman–Crippen LogP) is 5.48. The minimum atomic E-state index is -4.10. The molecule has 212 valence electrons. The van der Waals surface area contributed by atoms with E-state index in [-0.39, 0.29) is 29.1 Å². The van der Waals surface area contributed by atoms with Crippen molar-refractivity contribution in [2.45, 2.75) is 10.9 Å². The molecule has 0 bridgehead atoms. The number of ether oxygens (including phenoxy) is 1. The zero-order valence-corrected chi connectivity index (χ0v) is 24.3. The molecular weight excluding hydrogens is 558 g/mol. The van der Waals surface area contributed by atoms with Crippen LogP contribution in [0.15, 0.2) is 114 Å². The highest BCUT2D eigenvalue weighted by atomic mass is 35.5. The first-order valence-corrected chi connectivity index (χ1v) is 15.2. The van der Waals surface area contributed by atoms with Gasteiger partial charge in [-0.3, -0.25) is 14.0 Å². The number of hydrogen-bond acceptors (Lipinski definition) is 5. The smallest absolute Gasteiger partial charge is 0.264 e. The molecule has 41 heavy (non-hydrogen) atoms. The van der Waals surface area contributed by atoms with Crippen LogP contribution in [0.1, 0.15) is 17.2 Å². The van der Waals surface area contributed by atoms with Gasteiger partial charge in [0.2, 0.25) is 5.91 Å². The average Bonchev–Trinajstić information content (AvgIpc) is 3.01. The standard InChI is InChI=1S/C32H32ClN3O4S/c1-40-30-18-17-27(33)23-29(30)36(41(38,39)28-15-9-4-10-16-28)24-31(37)34-19-21-35(22-20-34)32(25-11-5-2-6-12-25)26-13-7-3-8-14-26/h2-18,23,32H,19-22,24H2,1H3. The van der Waals surface area contributed by atoms with Gasteiger partial charge in [-0.05, 0) is 41.5 Å². The number of amides is 1. The van der Waals surface area contributed by atoms with E-state index < -0.39 is 10.0 Å². The van der Waals surface area contributed by atoms with E-state index in [1.54, 1.807) is 35.2 Å². The summed E-state index contributed by atoms with van der Waals surface area (Å²) < 4.78 is 34.2. The summed E-state index contributed by atoms with van der Waals surface area (Å²) in [7, 11) is -2.64. The van der Waals surface area contributed by atoms with E-state index in [0.29, 0.717) is 37.0 Å². The van der Waals surface area contributed by atoms with Crippen LogP contribution in [0.2, 0.25) is 5.02 Å². The highest BCUT2D eigenvalue weighted by molar-refractivity contribution is 7.92. The number of rotatable bonds is 9. The van der Waals surface area contributed by atoms with Crippen molar-refractivity contribution in [2.24, 2.45) is 0 Å². The number of sulfonamides is 1. The SMILES string of the molecule is COc1ccc(Cl)cc1N(CC(=O)N1CCN(C(c2ccccc2)c2ccccc2)CC1)S(=O)(=O)c1ccccc1. The fraction of sp³-hybridized carbons (Fsp3) is 0.219. The molecule has 0 radical (unpaired) electrons. The number of carbonyl (C=O) groups excluding carboxylic acids is 1. The quantitative estimate of drug-likeness (QED) is 0.259. The number of nitrogens with zero attached hydrogens (tertiary/aromatic N) is 3. The van der Waals surface area contributed by atoms with Crippen LogP contribution in [0.25, 0.3) is 0 Å². The fourth-order valence-electron chi connectivity index (χ4n) is 5.21. The zero-order chi connectivity index (χ0) is 28.8. The molecule has 4 aromatic rings. The van der Waals surface area contributed by atoms with Crippen LogP contribution in [0.4, 0.5) is 5.69 Å². The maximum atomic E-state index is 13.8. The average molecular weight is 590 g/mol. The highest BCUT2D eigenvalue weighted by Crippen LogP contribution is 2.35. The molecule has 1 aliphatic rings. The molecular formula is C32H32ClN3O4S. The van der Waals surface area contributed by atoms with E-state index in [1.165, 1.54) is 36.4 Å². The summed E-state index contributed by atoms with van der Waals surface area (Å²) in [4.78, 5) is 17.9. The topological polar surface area (TPSA) is 70.2 Å². The van der Waals surface area contributed by atoms with Crippen LogP contribution in [0.3, 0.4) is 0 Å². The Labute approximate surface area is 246 Å². The number of carbonyl (C=O) groups is 1. The molecule has 0 saturated carbocycles. The molecule has 5 rings (SSSR count). The first-order chi connectivity index (χ1) is 19.9. The summed E-state index contributed by atoms with van der Waals surface area (Å²) in [5, 5.41) is 0.336. The Morgan fingerprint density at radius 1 is 0.829 bits per heavy atom. The molecule has 1 fully saturated rings. The van der Waals surface area contributed by atoms with Gasteiger partial charge in [0.1, 0.15) is 12.3 Å². The third-order valence-electron chi connectivity index (χ3n) is 7.28. The second-order valence-electron chi connectivity index (χ2n) is 9.78. The maximum absolute atomic E-state index is 13.8. The van der Waals surface area contributed by atoms with Crippen molar-refractivity contribution < 1.29 is 17.9 Å². The minimum Gasteiger partial charge on any atom is -0.495 e. The summed E-state index contributed by atoms with van der Waals surface area (Å²) in [6.07, 6.45) is 0. The summed E-state index contributed by atoms with van der Waals surface area (Å²) >= 11 is 6.27. The lowest BCUT2D eigenvalue weighted by Crippen LogP contribution is -2.52. The molecule has 0 aliphatic carbocycles. The van der Waals surface area contributed by atoms with Crippen LogP contribution >= 0.6 is 11.6 Å². The highest BCUT2D eigenvalue weighted by Gasteiger charge is 2.33. The Morgan fingerprint density at radius 2 is 1.37 bits per heavy atom. The second-order valence-corrected chi connectivity index (χ2v) is 12.1. The first-order valence-electron chi connectivity index (χ1n) is 13.4. The summed E-state index contributed by atoms with van der Waals surface area (Å²) in [6.45, 7) is 1.86. The Bertz CT molecular complexity index is 1520. The van der Waals surface area contributed by atoms with Gasteiger partial charge < -0.3 is 9.64 Å². The molecule has 0 aromatic heterocycles. The molecule has 1 aliphatic heterocycles. The summed E-state index contributed by atoms with van der Waals surface area (Å²) in [5.74, 6) is 0.0160. The van der Waals surface area contributed by atoms with Gasteiger partial charge in [0.15, 0.2) is 0 Å². The summed E-state index contributed by atoms with van der Waals surface area (Å²) in [6, 6.07) is 33.5. The lowest BCUT2D eigenvalue weighted by Gasteiger charge is -2.40. The van der Waals surface area contributed by atoms with Crippen molar-refractivity contribution >= 4 is 33.2 Å². The van der Waals surface area contributed by atoms with Crippen molar-refractivity contribution in [2.75, 3.05) is 44.1 Å². The lowest BCUT2D eigenvalue weighted by atomic mass is 9.96. The van der Waals surface area contributed by atoms with Crippen molar-refractivity contribution in [3.63, 3.8) is 0 Å². The van der Waals surface area contributed by atoms with E-state index in [2.05, 4.69) is 29.2 Å². The molecule has 0 unspecified atom stereocenters. The van der Waals surface area contributed by atoms with Crippen molar-refractivity contribution in [3.05, 3.63) is 125 Å². The van der Waals surface area contributed by atoms with E-state index in [9.17, 15) is 13.2 Å². The monoisotopic (exact) mass is 589 g/mol. The van der Waals surface area contributed by atoms with Gasteiger partial charge in [-0.25, -0.2) is 8.42 Å². The summed E-state index contributed by atoms with van der Waals surface area (Å²) in [5.41, 5.74) is 2.59. The van der Waals surface area contributed by atoms with Crippen LogP contribution in [0, 0.1) is 0 Å². The third-order valence-corrected chi connectivity index (χ3v) is 9.29. The van der Waals surface area contributed by atoms with Crippen molar-refractivity contribution in [1.29, 1.82) is 0 Å². The van der Waals surface area contributed by atoms with Crippen LogP contribution in [0.5, 0.6) is 5.75 Å². The van der Waals surface area contributed by atoms with E-state index in [1.807, 2.05) is 36.4 Å². The van der Waals surface area contributed by atoms with Gasteiger partial charge in [-0.1, -0.05) is 90.5 Å². The molecule has 4 aromatic carbocycles. The predicted molar refractivity (Wildman–Crippen MR) is 162 cm³/mol. The Morgan fingerprint density at radius 3 is 1.90 bits per heavy atom. The molecule has 1 amide bonds. The normalized spacial score (nSPS) is 14.2. The maximum Gasteiger partial charge on any atom is 0.264 e. The molecule has 1 heterocycles. The Hall–Kier alpha value is -3.85. The second kappa shape index (κ2) is 12.8. The first kappa shape index (κ1) is 28.7. The number of benzene rings is 4. The number of hydrogen-bond donors (Lipinski definition) is 0. The Kier molecular flexibility index (Phi) is 8.93. The zero-order valence-electron chi connectivity index (χ0n) is 22.8. The number of methoxy groups -OCH3 is 1. The number of piperazine rings is 1. The number of anilines is 1. The number of halogens is 1. The molecule has 1 saturated heterocycles.